The SMILES string of the molecule is COC(CC(C)C)CS(=O)(=O)N1C[C@@H](C(F)(F)F)[C@H](C(=O)O)C1. The van der Waals surface area contributed by atoms with Crippen LogP contribution in [-0.4, -0.2) is 62.0 Å². The van der Waals surface area contributed by atoms with E-state index in [1.807, 2.05) is 13.8 Å². The van der Waals surface area contributed by atoms with Crippen molar-refractivity contribution in [3.8, 4) is 0 Å². The normalized spacial score (nSPS) is 25.0. The van der Waals surface area contributed by atoms with E-state index >= 15 is 0 Å². The highest BCUT2D eigenvalue weighted by atomic mass is 32.2. The van der Waals surface area contributed by atoms with E-state index < -0.39 is 59.0 Å². The van der Waals surface area contributed by atoms with Gasteiger partial charge in [-0.2, -0.15) is 13.2 Å². The first-order valence-corrected chi connectivity index (χ1v) is 8.79. The van der Waals surface area contributed by atoms with Crippen molar-refractivity contribution >= 4 is 16.0 Å². The Morgan fingerprint density at radius 2 is 1.91 bits per heavy atom. The van der Waals surface area contributed by atoms with Gasteiger partial charge in [-0.15, -0.1) is 0 Å². The summed E-state index contributed by atoms with van der Waals surface area (Å²) in [5, 5.41) is 8.93. The van der Waals surface area contributed by atoms with Crippen LogP contribution in [0.25, 0.3) is 0 Å². The third-order valence-corrected chi connectivity index (χ3v) is 5.76. The van der Waals surface area contributed by atoms with Gasteiger partial charge in [0.05, 0.1) is 23.7 Å². The Hall–Kier alpha value is -0.870. The van der Waals surface area contributed by atoms with Crippen molar-refractivity contribution in [2.75, 3.05) is 26.0 Å². The molecule has 0 aromatic rings. The van der Waals surface area contributed by atoms with Crippen LogP contribution in [0.1, 0.15) is 20.3 Å². The molecule has 10 heteroatoms. The maximum atomic E-state index is 12.9. The molecular weight excluding hydrogens is 339 g/mol. The number of sulfonamides is 1. The quantitative estimate of drug-likeness (QED) is 0.744. The summed E-state index contributed by atoms with van der Waals surface area (Å²) in [5.41, 5.74) is 0. The molecule has 0 radical (unpaired) electrons. The number of carbonyl (C=O) groups is 1. The fourth-order valence-electron chi connectivity index (χ4n) is 2.68. The predicted molar refractivity (Wildman–Crippen MR) is 76.3 cm³/mol. The first-order chi connectivity index (χ1) is 10.4. The number of hydrogen-bond acceptors (Lipinski definition) is 4. The van der Waals surface area contributed by atoms with Crippen molar-refractivity contribution in [2.45, 2.75) is 32.5 Å². The number of carboxylic acids is 1. The molecule has 0 aliphatic carbocycles. The van der Waals surface area contributed by atoms with Crippen LogP contribution in [0.4, 0.5) is 13.2 Å². The van der Waals surface area contributed by atoms with Gasteiger partial charge in [-0.05, 0) is 12.3 Å². The first-order valence-electron chi connectivity index (χ1n) is 7.18. The maximum absolute atomic E-state index is 12.9. The van der Waals surface area contributed by atoms with E-state index in [0.29, 0.717) is 10.7 Å². The number of ether oxygens (including phenoxy) is 1. The van der Waals surface area contributed by atoms with Gasteiger partial charge in [-0.25, -0.2) is 12.7 Å². The van der Waals surface area contributed by atoms with E-state index in [0.717, 1.165) is 0 Å². The number of carboxylic acid groups (broad SMARTS) is 1. The van der Waals surface area contributed by atoms with Crippen molar-refractivity contribution in [3.05, 3.63) is 0 Å². The standard InChI is InChI=1S/C13H22F3NO5S/c1-8(2)4-9(22-3)7-23(20,21)17-5-10(12(18)19)11(6-17)13(14,15)16/h8-11H,4-7H2,1-3H3,(H,18,19)/t9?,10-,11-/m1/s1. The van der Waals surface area contributed by atoms with Crippen molar-refractivity contribution in [1.82, 2.24) is 4.31 Å². The fourth-order valence-corrected chi connectivity index (χ4v) is 4.40. The minimum atomic E-state index is -4.76. The number of halogens is 3. The Kier molecular flexibility index (Phi) is 6.45. The molecule has 0 aromatic carbocycles. The first kappa shape index (κ1) is 20.2. The fraction of sp³-hybridized carbons (Fsp3) is 0.923. The molecule has 1 saturated heterocycles. The molecule has 1 fully saturated rings. The van der Waals surface area contributed by atoms with Crippen LogP contribution in [0.2, 0.25) is 0 Å². The summed E-state index contributed by atoms with van der Waals surface area (Å²) >= 11 is 0. The summed E-state index contributed by atoms with van der Waals surface area (Å²) in [6.45, 7) is 2.21. The molecule has 23 heavy (non-hydrogen) atoms. The maximum Gasteiger partial charge on any atom is 0.393 e. The third kappa shape index (κ3) is 5.32. The largest absolute Gasteiger partial charge is 0.481 e. The molecule has 0 amide bonds. The van der Waals surface area contributed by atoms with E-state index in [2.05, 4.69) is 0 Å². The summed E-state index contributed by atoms with van der Waals surface area (Å²) in [6.07, 6.45) is -4.96. The summed E-state index contributed by atoms with van der Waals surface area (Å²) in [5.74, 6) is -5.92. The van der Waals surface area contributed by atoms with E-state index in [4.69, 9.17) is 9.84 Å². The van der Waals surface area contributed by atoms with Crippen molar-refractivity contribution in [1.29, 1.82) is 0 Å². The van der Waals surface area contributed by atoms with Crippen LogP contribution in [0, 0.1) is 17.8 Å². The average Bonchev–Trinajstić information content (AvgIpc) is 2.82. The Balaban J connectivity index is 2.91. The average molecular weight is 361 g/mol. The summed E-state index contributed by atoms with van der Waals surface area (Å²) < 4.78 is 69.1. The van der Waals surface area contributed by atoms with E-state index in [-0.39, 0.29) is 5.92 Å². The summed E-state index contributed by atoms with van der Waals surface area (Å²) in [4.78, 5) is 11.0. The van der Waals surface area contributed by atoms with Crippen molar-refractivity contribution in [3.63, 3.8) is 0 Å². The minimum absolute atomic E-state index is 0.156. The smallest absolute Gasteiger partial charge is 0.393 e. The molecule has 6 nitrogen and oxygen atoms in total. The molecule has 136 valence electrons. The lowest BCUT2D eigenvalue weighted by Gasteiger charge is -2.22. The van der Waals surface area contributed by atoms with Gasteiger partial charge in [-0.1, -0.05) is 13.8 Å². The number of aliphatic carboxylic acids is 1. The van der Waals surface area contributed by atoms with E-state index in [1.165, 1.54) is 7.11 Å². The van der Waals surface area contributed by atoms with Crippen molar-refractivity contribution < 1.29 is 36.2 Å². The number of methoxy groups -OCH3 is 1. The van der Waals surface area contributed by atoms with Gasteiger partial charge in [0.15, 0.2) is 0 Å². The van der Waals surface area contributed by atoms with Crippen LogP contribution < -0.4 is 0 Å². The molecule has 0 aromatic heterocycles. The van der Waals surface area contributed by atoms with Crippen LogP contribution in [0.5, 0.6) is 0 Å². The molecule has 1 unspecified atom stereocenters. The molecule has 0 saturated carbocycles. The lowest BCUT2D eigenvalue weighted by Crippen LogP contribution is -2.37. The Bertz CT molecular complexity index is 520. The molecule has 1 N–H and O–H groups in total. The second kappa shape index (κ2) is 7.35. The van der Waals surface area contributed by atoms with Gasteiger partial charge in [0.2, 0.25) is 10.0 Å². The number of rotatable bonds is 7. The zero-order chi connectivity index (χ0) is 18.0. The highest BCUT2D eigenvalue weighted by molar-refractivity contribution is 7.89. The number of nitrogens with zero attached hydrogens (tertiary/aromatic N) is 1. The van der Waals surface area contributed by atoms with Gasteiger partial charge in [0.1, 0.15) is 0 Å². The second-order valence-electron chi connectivity index (χ2n) is 6.18. The van der Waals surface area contributed by atoms with Crippen molar-refractivity contribution in [2.24, 2.45) is 17.8 Å². The Morgan fingerprint density at radius 1 is 1.35 bits per heavy atom. The predicted octanol–water partition coefficient (Wildman–Crippen LogP) is 1.57. The van der Waals surface area contributed by atoms with Crippen LogP contribution in [0.3, 0.4) is 0 Å². The van der Waals surface area contributed by atoms with Crippen LogP contribution in [-0.2, 0) is 19.6 Å². The van der Waals surface area contributed by atoms with E-state index in [1.54, 1.807) is 0 Å². The molecule has 0 bridgehead atoms. The van der Waals surface area contributed by atoms with Gasteiger partial charge in [0, 0.05) is 20.2 Å². The molecule has 1 rings (SSSR count). The number of hydrogen-bond donors (Lipinski definition) is 1. The van der Waals surface area contributed by atoms with Crippen LogP contribution in [0.15, 0.2) is 0 Å². The summed E-state index contributed by atoms with van der Waals surface area (Å²) in [6, 6.07) is 0. The number of alkyl halides is 3. The molecule has 1 heterocycles. The molecule has 0 spiro atoms. The lowest BCUT2D eigenvalue weighted by atomic mass is 9.96. The molecular formula is C13H22F3NO5S. The van der Waals surface area contributed by atoms with Gasteiger partial charge in [-0.3, -0.25) is 4.79 Å². The summed E-state index contributed by atoms with van der Waals surface area (Å²) in [7, 11) is -2.69. The highest BCUT2D eigenvalue weighted by Crippen LogP contribution is 2.38. The molecule has 3 atom stereocenters. The monoisotopic (exact) mass is 361 g/mol. The lowest BCUT2D eigenvalue weighted by molar-refractivity contribution is -0.187. The topological polar surface area (TPSA) is 83.9 Å². The van der Waals surface area contributed by atoms with Gasteiger partial charge in [0.25, 0.3) is 0 Å². The second-order valence-corrected chi connectivity index (χ2v) is 8.19. The zero-order valence-electron chi connectivity index (χ0n) is 13.2. The zero-order valence-corrected chi connectivity index (χ0v) is 14.0. The highest BCUT2D eigenvalue weighted by Gasteiger charge is 2.54. The van der Waals surface area contributed by atoms with Crippen LogP contribution >= 0.6 is 0 Å². The molecule has 1 aliphatic heterocycles. The Morgan fingerprint density at radius 3 is 2.26 bits per heavy atom. The Labute approximate surface area is 133 Å². The van der Waals surface area contributed by atoms with E-state index in [9.17, 15) is 26.4 Å². The minimum Gasteiger partial charge on any atom is -0.481 e. The van der Waals surface area contributed by atoms with Gasteiger partial charge >= 0.3 is 12.1 Å². The van der Waals surface area contributed by atoms with Gasteiger partial charge < -0.3 is 9.84 Å². The third-order valence-electron chi connectivity index (χ3n) is 3.88. The molecule has 1 aliphatic rings.